The fourth-order valence-corrected chi connectivity index (χ4v) is 2.63. The fraction of sp³-hybridized carbons (Fsp3) is 0.125. The Kier molecular flexibility index (Phi) is 2.12. The molecule has 0 aliphatic carbocycles. The van der Waals surface area contributed by atoms with Gasteiger partial charge in [-0.2, -0.15) is 5.10 Å². The van der Waals surface area contributed by atoms with Crippen LogP contribution in [0, 0.1) is 3.70 Å². The number of para-hydroxylation sites is 1. The van der Waals surface area contributed by atoms with E-state index in [4.69, 9.17) is 0 Å². The predicted molar refractivity (Wildman–Crippen MR) is 61.1 cm³/mol. The number of aromatic nitrogens is 2. The zero-order valence-corrected chi connectivity index (χ0v) is 10.1. The molecule has 0 amide bonds. The lowest BCUT2D eigenvalue weighted by Crippen LogP contribution is -1.89. The summed E-state index contributed by atoms with van der Waals surface area (Å²) in [6, 6.07) is 6.13. The number of rotatable bonds is 0. The van der Waals surface area contributed by atoms with Gasteiger partial charge in [-0.05, 0) is 44.6 Å². The lowest BCUT2D eigenvalue weighted by molar-refractivity contribution is 0.786. The van der Waals surface area contributed by atoms with Gasteiger partial charge in [-0.25, -0.2) is 0 Å². The SMILES string of the molecule is Cn1nc(I)c2cccc(Br)c21. The minimum Gasteiger partial charge on any atom is -0.266 e. The van der Waals surface area contributed by atoms with Crippen molar-refractivity contribution >= 4 is 49.4 Å². The van der Waals surface area contributed by atoms with E-state index in [0.717, 1.165) is 13.7 Å². The van der Waals surface area contributed by atoms with E-state index >= 15 is 0 Å². The first kappa shape index (κ1) is 8.50. The molecule has 0 saturated carbocycles. The molecule has 12 heavy (non-hydrogen) atoms. The molecule has 62 valence electrons. The van der Waals surface area contributed by atoms with Gasteiger partial charge in [0.1, 0.15) is 3.70 Å². The minimum absolute atomic E-state index is 1.05. The Morgan fingerprint density at radius 3 is 2.92 bits per heavy atom. The van der Waals surface area contributed by atoms with Crippen LogP contribution in [-0.4, -0.2) is 9.78 Å². The van der Waals surface area contributed by atoms with Crippen LogP contribution in [0.15, 0.2) is 22.7 Å². The maximum atomic E-state index is 4.32. The Morgan fingerprint density at radius 1 is 1.50 bits per heavy atom. The monoisotopic (exact) mass is 336 g/mol. The molecule has 0 N–H and O–H groups in total. The first-order valence-corrected chi connectivity index (χ1v) is 5.34. The van der Waals surface area contributed by atoms with Crippen molar-refractivity contribution < 1.29 is 0 Å². The van der Waals surface area contributed by atoms with Gasteiger partial charge in [0.2, 0.25) is 0 Å². The maximum absolute atomic E-state index is 4.32. The number of benzene rings is 1. The number of halogens is 2. The van der Waals surface area contributed by atoms with E-state index in [2.05, 4.69) is 49.7 Å². The van der Waals surface area contributed by atoms with Gasteiger partial charge < -0.3 is 0 Å². The largest absolute Gasteiger partial charge is 0.266 e. The number of hydrogen-bond donors (Lipinski definition) is 0. The van der Waals surface area contributed by atoms with E-state index in [0.29, 0.717) is 0 Å². The molecule has 2 nitrogen and oxygen atoms in total. The summed E-state index contributed by atoms with van der Waals surface area (Å²) in [5.41, 5.74) is 1.15. The molecule has 1 aromatic carbocycles. The number of hydrogen-bond acceptors (Lipinski definition) is 1. The first-order chi connectivity index (χ1) is 5.70. The summed E-state index contributed by atoms with van der Waals surface area (Å²) in [7, 11) is 1.95. The van der Waals surface area contributed by atoms with Gasteiger partial charge in [0, 0.05) is 16.9 Å². The molecule has 2 aromatic rings. The summed E-state index contributed by atoms with van der Waals surface area (Å²) in [5.74, 6) is 0. The lowest BCUT2D eigenvalue weighted by atomic mass is 10.3. The average Bonchev–Trinajstić information content (AvgIpc) is 2.29. The highest BCUT2D eigenvalue weighted by atomic mass is 127. The van der Waals surface area contributed by atoms with E-state index in [1.807, 2.05) is 23.9 Å². The molecule has 2 rings (SSSR count). The van der Waals surface area contributed by atoms with Gasteiger partial charge in [-0.15, -0.1) is 0 Å². The molecule has 0 unspecified atom stereocenters. The second-order valence-corrected chi connectivity index (χ2v) is 4.43. The molecule has 0 aliphatic heterocycles. The molecule has 0 bridgehead atoms. The molecule has 4 heteroatoms. The summed E-state index contributed by atoms with van der Waals surface area (Å²) in [4.78, 5) is 0. The van der Waals surface area contributed by atoms with E-state index in [-0.39, 0.29) is 0 Å². The lowest BCUT2D eigenvalue weighted by Gasteiger charge is -1.95. The molecule has 1 heterocycles. The van der Waals surface area contributed by atoms with Crippen LogP contribution in [0.2, 0.25) is 0 Å². The third-order valence-corrected chi connectivity index (χ3v) is 3.21. The fourth-order valence-electron chi connectivity index (χ4n) is 1.25. The Labute approximate surface area is 92.2 Å². The van der Waals surface area contributed by atoms with E-state index in [9.17, 15) is 0 Å². The molecule has 1 aromatic heterocycles. The van der Waals surface area contributed by atoms with Crippen LogP contribution in [0.3, 0.4) is 0 Å². The zero-order valence-electron chi connectivity index (χ0n) is 6.38. The molecule has 0 aliphatic rings. The molecular formula is C8H6BrIN2. The second kappa shape index (κ2) is 2.99. The zero-order chi connectivity index (χ0) is 8.72. The molecule has 0 radical (unpaired) electrons. The van der Waals surface area contributed by atoms with Crippen molar-refractivity contribution in [1.82, 2.24) is 9.78 Å². The normalized spacial score (nSPS) is 10.9. The van der Waals surface area contributed by atoms with E-state index < -0.39 is 0 Å². The quantitative estimate of drug-likeness (QED) is 0.676. The highest BCUT2D eigenvalue weighted by Crippen LogP contribution is 2.26. The minimum atomic E-state index is 1.05. The molecular weight excluding hydrogens is 331 g/mol. The molecule has 0 atom stereocenters. The standard InChI is InChI=1S/C8H6BrIN2/c1-12-7-5(8(10)11-12)3-2-4-6(7)9/h2-4H,1H3. The van der Waals surface area contributed by atoms with Crippen molar-refractivity contribution in [1.29, 1.82) is 0 Å². The van der Waals surface area contributed by atoms with Crippen molar-refractivity contribution in [3.05, 3.63) is 26.4 Å². The van der Waals surface area contributed by atoms with Gasteiger partial charge in [-0.1, -0.05) is 12.1 Å². The van der Waals surface area contributed by atoms with Gasteiger partial charge in [0.15, 0.2) is 0 Å². The Balaban J connectivity index is 2.99. The number of nitrogens with zero attached hydrogens (tertiary/aromatic N) is 2. The van der Waals surface area contributed by atoms with Crippen LogP contribution in [0.5, 0.6) is 0 Å². The second-order valence-electron chi connectivity index (χ2n) is 2.55. The van der Waals surface area contributed by atoms with Gasteiger partial charge in [0.05, 0.1) is 5.52 Å². The van der Waals surface area contributed by atoms with Crippen molar-refractivity contribution in [2.24, 2.45) is 7.05 Å². The summed E-state index contributed by atoms with van der Waals surface area (Å²) in [6.07, 6.45) is 0. The summed E-state index contributed by atoms with van der Waals surface area (Å²) < 4.78 is 4.03. The van der Waals surface area contributed by atoms with Crippen LogP contribution in [0.4, 0.5) is 0 Å². The molecule has 0 spiro atoms. The Morgan fingerprint density at radius 2 is 2.25 bits per heavy atom. The van der Waals surface area contributed by atoms with Gasteiger partial charge in [0.25, 0.3) is 0 Å². The third kappa shape index (κ3) is 1.17. The van der Waals surface area contributed by atoms with Crippen molar-refractivity contribution in [3.63, 3.8) is 0 Å². The Hall–Kier alpha value is -0.100. The topological polar surface area (TPSA) is 17.8 Å². The smallest absolute Gasteiger partial charge is 0.131 e. The van der Waals surface area contributed by atoms with Crippen molar-refractivity contribution in [2.45, 2.75) is 0 Å². The number of aryl methyl sites for hydroxylation is 1. The third-order valence-electron chi connectivity index (χ3n) is 1.77. The highest BCUT2D eigenvalue weighted by Gasteiger charge is 2.07. The van der Waals surface area contributed by atoms with Gasteiger partial charge in [-0.3, -0.25) is 4.68 Å². The van der Waals surface area contributed by atoms with Crippen molar-refractivity contribution in [3.8, 4) is 0 Å². The van der Waals surface area contributed by atoms with Crippen LogP contribution in [0.25, 0.3) is 10.9 Å². The van der Waals surface area contributed by atoms with Crippen LogP contribution >= 0.6 is 38.5 Å². The summed E-state index contributed by atoms with van der Waals surface area (Å²) in [5, 5.41) is 5.53. The Bertz CT molecular complexity index is 436. The maximum Gasteiger partial charge on any atom is 0.131 e. The molecule has 0 saturated heterocycles. The van der Waals surface area contributed by atoms with Crippen molar-refractivity contribution in [2.75, 3.05) is 0 Å². The first-order valence-electron chi connectivity index (χ1n) is 3.47. The van der Waals surface area contributed by atoms with E-state index in [1.54, 1.807) is 0 Å². The average molecular weight is 337 g/mol. The summed E-state index contributed by atoms with van der Waals surface area (Å²) in [6.45, 7) is 0. The van der Waals surface area contributed by atoms with Crippen LogP contribution < -0.4 is 0 Å². The van der Waals surface area contributed by atoms with Crippen LogP contribution in [-0.2, 0) is 7.05 Å². The van der Waals surface area contributed by atoms with E-state index in [1.165, 1.54) is 5.39 Å². The highest BCUT2D eigenvalue weighted by molar-refractivity contribution is 14.1. The number of fused-ring (bicyclic) bond motifs is 1. The predicted octanol–water partition coefficient (Wildman–Crippen LogP) is 2.94. The van der Waals surface area contributed by atoms with Crippen LogP contribution in [0.1, 0.15) is 0 Å². The molecule has 0 fully saturated rings. The van der Waals surface area contributed by atoms with Gasteiger partial charge >= 0.3 is 0 Å². The summed E-state index contributed by atoms with van der Waals surface area (Å²) >= 11 is 5.74.